The van der Waals surface area contributed by atoms with Gasteiger partial charge in [-0.2, -0.15) is 0 Å². The fourth-order valence-corrected chi connectivity index (χ4v) is 17.2. The van der Waals surface area contributed by atoms with Crippen molar-refractivity contribution in [1.82, 2.24) is 29.1 Å². The SMILES string of the molecule is CCN(CC)c1ccc2c(-c3ccccc3C(=O)N(CC(=O)N(CC(=O)N(CC(=O)N(CC(=O)N(CC(N)=O)[C@@H](C)c3cccc(CCCCCN)c3)[C@@H](C)c3cccc(CCCCCN)c3)[C@@H](C)c3cccc(CCCCCN)c3)[C@@H](C)c3cccc(CCCCCN)c3)[C@@H](C)c3cccc(CCCCCN)c3)c3ccc(=[N+](CC)CC)cc-3oc2c1.[Cl-]. The van der Waals surface area contributed by atoms with E-state index in [0.29, 0.717) is 55.2 Å². The third-order valence-electron chi connectivity index (χ3n) is 24.8. The van der Waals surface area contributed by atoms with Crippen LogP contribution in [0, 0.1) is 0 Å². The van der Waals surface area contributed by atoms with Crippen molar-refractivity contribution in [2.75, 3.05) is 96.5 Å². The molecule has 0 saturated heterocycles. The Bertz CT molecular complexity index is 4920. The van der Waals surface area contributed by atoms with Crippen LogP contribution in [0.2, 0.25) is 0 Å². The Kier molecular flexibility index (Phi) is 41.2. The van der Waals surface area contributed by atoms with E-state index in [1.54, 1.807) is 14.7 Å². The Morgan fingerprint density at radius 2 is 0.694 bits per heavy atom. The maximum absolute atomic E-state index is 17.0. The van der Waals surface area contributed by atoms with Crippen LogP contribution in [0.4, 0.5) is 5.69 Å². The molecule has 0 fully saturated rings. The number of amides is 6. The number of benzene rings is 8. The summed E-state index contributed by atoms with van der Waals surface area (Å²) >= 11 is 0. The summed E-state index contributed by atoms with van der Waals surface area (Å²) in [5.41, 5.74) is 49.4. The lowest BCUT2D eigenvalue weighted by Crippen LogP contribution is -3.00. The molecule has 20 nitrogen and oxygen atoms in total. The Morgan fingerprint density at radius 3 is 1.03 bits per heavy atom. The van der Waals surface area contributed by atoms with Gasteiger partial charge in [-0.3, -0.25) is 28.8 Å². The van der Waals surface area contributed by atoms with Gasteiger partial charge in [0.25, 0.3) is 5.91 Å². The molecule has 7 aromatic carbocycles. The lowest BCUT2D eigenvalue weighted by molar-refractivity contribution is -0.150. The molecule has 21 heteroatoms. The first-order valence-corrected chi connectivity index (χ1v) is 45.8. The number of unbranched alkanes of at least 4 members (excludes halogenated alkanes) is 10. The Hall–Kier alpha value is -10.1. The first-order chi connectivity index (χ1) is 59.6. The van der Waals surface area contributed by atoms with E-state index in [4.69, 9.17) is 38.8 Å². The number of rotatable bonds is 52. The van der Waals surface area contributed by atoms with Crippen LogP contribution in [0.25, 0.3) is 33.4 Å². The second-order valence-electron chi connectivity index (χ2n) is 33.3. The molecule has 0 saturated carbocycles. The topological polar surface area (TPSA) is 294 Å². The van der Waals surface area contributed by atoms with Gasteiger partial charge in [0.1, 0.15) is 50.6 Å². The van der Waals surface area contributed by atoms with Gasteiger partial charge in [-0.25, -0.2) is 4.58 Å². The summed E-state index contributed by atoms with van der Waals surface area (Å²) < 4.78 is 9.29. The number of anilines is 1. The highest BCUT2D eigenvalue weighted by molar-refractivity contribution is 6.10. The predicted octanol–water partition coefficient (Wildman–Crippen LogP) is 13.3. The number of hydrogen-bond acceptors (Lipinski definition) is 13. The fraction of sp³-hybridized carbons (Fsp3) is 0.466. The van der Waals surface area contributed by atoms with E-state index >= 15 is 24.0 Å². The van der Waals surface area contributed by atoms with Crippen molar-refractivity contribution >= 4 is 52.1 Å². The molecule has 1 heterocycles. The van der Waals surface area contributed by atoms with Gasteiger partial charge in [-0.1, -0.05) is 172 Å². The summed E-state index contributed by atoms with van der Waals surface area (Å²) in [4.78, 5) is 106. The molecule has 1 aliphatic heterocycles. The number of aryl methyl sites for hydroxylation is 5. The summed E-state index contributed by atoms with van der Waals surface area (Å²) in [6, 6.07) is 57.2. The Labute approximate surface area is 745 Å². The van der Waals surface area contributed by atoms with Crippen LogP contribution in [0.3, 0.4) is 0 Å². The average Bonchev–Trinajstić information content (AvgIpc) is 0.740. The van der Waals surface area contributed by atoms with Crippen molar-refractivity contribution in [1.29, 1.82) is 0 Å². The van der Waals surface area contributed by atoms with Crippen LogP contribution >= 0.6 is 0 Å². The van der Waals surface area contributed by atoms with Gasteiger partial charge in [0.15, 0.2) is 0 Å². The molecule has 1 aliphatic carbocycles. The number of halogens is 1. The zero-order valence-electron chi connectivity index (χ0n) is 75.6. The number of primary amides is 1. The highest BCUT2D eigenvalue weighted by Gasteiger charge is 2.38. The largest absolute Gasteiger partial charge is 1.00 e. The van der Waals surface area contributed by atoms with Crippen molar-refractivity contribution in [3.05, 3.63) is 249 Å². The molecule has 0 bridgehead atoms. The first kappa shape index (κ1) is 99.4. The fourth-order valence-electron chi connectivity index (χ4n) is 17.2. The molecule has 12 N–H and O–H groups in total. The van der Waals surface area contributed by atoms with Gasteiger partial charge in [0, 0.05) is 53.0 Å². The zero-order chi connectivity index (χ0) is 88.3. The molecule has 9 rings (SSSR count). The monoisotopic (exact) mass is 1710 g/mol. The minimum Gasteiger partial charge on any atom is -1.00 e. The van der Waals surface area contributed by atoms with Crippen molar-refractivity contribution in [3.8, 4) is 22.5 Å². The Morgan fingerprint density at radius 1 is 0.355 bits per heavy atom. The second-order valence-corrected chi connectivity index (χ2v) is 33.3. The summed E-state index contributed by atoms with van der Waals surface area (Å²) in [6.45, 7) is 21.8. The van der Waals surface area contributed by atoms with Gasteiger partial charge < -0.3 is 80.6 Å². The zero-order valence-corrected chi connectivity index (χ0v) is 76.3. The molecule has 124 heavy (non-hydrogen) atoms. The quantitative estimate of drug-likeness (QED) is 0.0118. The van der Waals surface area contributed by atoms with Gasteiger partial charge >= 0.3 is 0 Å². The number of carbonyl (C=O) groups is 6. The van der Waals surface area contributed by atoms with E-state index < -0.39 is 98.4 Å². The minimum absolute atomic E-state index is 0. The van der Waals surface area contributed by atoms with Crippen molar-refractivity contribution in [2.45, 2.75) is 221 Å². The molecular formula is C103H142ClN13O7. The van der Waals surface area contributed by atoms with Crippen molar-refractivity contribution in [2.24, 2.45) is 34.4 Å². The number of fused-ring (bicyclic) bond motifs is 2. The number of carbonyl (C=O) groups excluding carboxylic acids is 6. The lowest BCUT2D eigenvalue weighted by atomic mass is 9.90. The van der Waals surface area contributed by atoms with E-state index in [-0.39, 0.29) is 12.4 Å². The van der Waals surface area contributed by atoms with Crippen LogP contribution in [0.5, 0.6) is 0 Å². The van der Waals surface area contributed by atoms with E-state index in [1.807, 2.05) is 120 Å². The van der Waals surface area contributed by atoms with Crippen molar-refractivity contribution in [3.63, 3.8) is 0 Å². The third-order valence-corrected chi connectivity index (χ3v) is 24.8. The van der Waals surface area contributed by atoms with Crippen LogP contribution in [-0.4, -0.2) is 152 Å². The predicted molar refractivity (Wildman–Crippen MR) is 503 cm³/mol. The highest BCUT2D eigenvalue weighted by atomic mass is 35.5. The second kappa shape index (κ2) is 51.4. The van der Waals surface area contributed by atoms with Crippen LogP contribution in [-0.2, 0) is 56.1 Å². The van der Waals surface area contributed by atoms with Gasteiger partial charge in [-0.05, 0) is 277 Å². The van der Waals surface area contributed by atoms with E-state index in [2.05, 4.69) is 134 Å². The van der Waals surface area contributed by atoms with E-state index in [9.17, 15) is 4.79 Å². The molecule has 668 valence electrons. The van der Waals surface area contributed by atoms with Crippen LogP contribution < -0.4 is 61.6 Å². The van der Waals surface area contributed by atoms with Gasteiger partial charge in [-0.15, -0.1) is 0 Å². The summed E-state index contributed by atoms with van der Waals surface area (Å²) in [5, 5.41) is 1.81. The van der Waals surface area contributed by atoms with Gasteiger partial charge in [0.2, 0.25) is 34.9 Å². The summed E-state index contributed by atoms with van der Waals surface area (Å²) in [5.74, 6) is -2.60. The number of nitrogens with two attached hydrogens (primary N) is 6. The third kappa shape index (κ3) is 27.7. The molecule has 6 amide bonds. The molecule has 5 atom stereocenters. The van der Waals surface area contributed by atoms with Crippen LogP contribution in [0.15, 0.2) is 186 Å². The van der Waals surface area contributed by atoms with E-state index in [1.165, 1.54) is 9.80 Å². The molecular weight excluding hydrogens is 1570 g/mol. The average molecular weight is 1710 g/mol. The molecule has 0 aromatic heterocycles. The highest BCUT2D eigenvalue weighted by Crippen LogP contribution is 2.44. The van der Waals surface area contributed by atoms with E-state index in [0.717, 1.165) is 238 Å². The van der Waals surface area contributed by atoms with Crippen molar-refractivity contribution < 1.29 is 45.6 Å². The standard InChI is InChI=1S/C103H141N13O7.ClH/c1-10-110(11-2)89-53-55-93-95(67-89)123-96-68-90(111(12-3)13-4)54-56-94(96)102(93)91-51-24-25-52-92(91)103(122)116(78(9)88-50-35-45-83(66-88)40-23-18-30-61-108)73-101(121)115(77(8)87-49-34-44-82(65-87)39-22-17-29-60-107)72-100(120)114(76(7)86-48-33-43-81(64-86)38-21-16-28-59-106)71-99(119)113(75(6)85-47-32-42-80(63-85)37-20-15-27-58-105)70-98(118)112(69-97(109)117)74(5)84-46-31-41-79(62-84)36-19-14-26-57-104;/h24-25,31-35,41-56,62-68,74-78H,10-23,26-30,36-40,57-61,69-73,104-108H2,1-9H3,(H-,109,117);1H/t74-,75-,76-,77-,78-;/m0./s1. The number of nitrogens with zero attached hydrogens (tertiary/aromatic N) is 7. The first-order valence-electron chi connectivity index (χ1n) is 45.8. The number of hydrogen-bond donors (Lipinski definition) is 6. The minimum atomic E-state index is -0.795. The molecule has 7 aromatic rings. The lowest BCUT2D eigenvalue weighted by Gasteiger charge is -2.38. The normalized spacial score (nSPS) is 12.6. The molecule has 2 aliphatic rings. The summed E-state index contributed by atoms with van der Waals surface area (Å²) in [7, 11) is 0. The summed E-state index contributed by atoms with van der Waals surface area (Å²) in [6.07, 6.45) is 17.6. The molecule has 0 radical (unpaired) electrons. The smallest absolute Gasteiger partial charge is 0.255 e. The Balaban J connectivity index is 0.0000191. The maximum atomic E-state index is 17.0. The maximum Gasteiger partial charge on any atom is 0.255 e. The molecule has 0 spiro atoms. The van der Waals surface area contributed by atoms with Crippen LogP contribution in [0.1, 0.15) is 255 Å². The molecule has 0 unspecified atom stereocenters. The van der Waals surface area contributed by atoms with Gasteiger partial charge in [0.05, 0.1) is 42.8 Å².